The van der Waals surface area contributed by atoms with Crippen LogP contribution in [0.25, 0.3) is 11.3 Å². The van der Waals surface area contributed by atoms with Gasteiger partial charge in [-0.2, -0.15) is 13.2 Å². The molecule has 0 aliphatic carbocycles. The van der Waals surface area contributed by atoms with E-state index in [1.54, 1.807) is 0 Å². The number of rotatable bonds is 10. The molecule has 3 aromatic rings. The minimum absolute atomic E-state index is 0.0399. The lowest BCUT2D eigenvalue weighted by molar-refractivity contribution is -0.137. The van der Waals surface area contributed by atoms with Gasteiger partial charge in [-0.1, -0.05) is 28.6 Å². The number of alkyl halides is 3. The molecule has 4 atom stereocenters. The zero-order valence-electron chi connectivity index (χ0n) is 18.8. The zero-order valence-corrected chi connectivity index (χ0v) is 20.4. The van der Waals surface area contributed by atoms with Crippen LogP contribution in [0.2, 0.25) is 5.02 Å². The molecule has 0 saturated heterocycles. The van der Waals surface area contributed by atoms with E-state index in [0.29, 0.717) is 12.1 Å². The average molecular weight is 572 g/mol. The molecule has 15 heteroatoms. The Bertz CT molecular complexity index is 1210. The summed E-state index contributed by atoms with van der Waals surface area (Å²) in [6.07, 6.45) is -7.24. The Kier molecular flexibility index (Phi) is 9.47. The van der Waals surface area contributed by atoms with E-state index in [0.717, 1.165) is 34.6 Å². The highest BCUT2D eigenvalue weighted by molar-refractivity contribution is 7.99. The van der Waals surface area contributed by atoms with Gasteiger partial charge in [-0.3, -0.25) is 0 Å². The van der Waals surface area contributed by atoms with Crippen molar-refractivity contribution in [2.45, 2.75) is 48.3 Å². The molecule has 7 nitrogen and oxygen atoms in total. The second-order valence-corrected chi connectivity index (χ2v) is 9.45. The van der Waals surface area contributed by atoms with Crippen molar-refractivity contribution in [3.63, 3.8) is 0 Å². The van der Waals surface area contributed by atoms with Crippen LogP contribution >= 0.6 is 23.4 Å². The van der Waals surface area contributed by atoms with Gasteiger partial charge >= 0.3 is 6.18 Å². The average Bonchev–Trinajstić information content (AvgIpc) is 3.27. The molecule has 0 fully saturated rings. The Morgan fingerprint density at radius 1 is 1.11 bits per heavy atom. The van der Waals surface area contributed by atoms with Crippen LogP contribution in [0.15, 0.2) is 41.4 Å². The lowest BCUT2D eigenvalue weighted by atomic mass is 10.1. The summed E-state index contributed by atoms with van der Waals surface area (Å²) >= 11 is 6.54. The first kappa shape index (κ1) is 29.2. The van der Waals surface area contributed by atoms with E-state index in [2.05, 4.69) is 10.3 Å². The van der Waals surface area contributed by atoms with E-state index in [4.69, 9.17) is 16.3 Å². The molecule has 0 amide bonds. The summed E-state index contributed by atoms with van der Waals surface area (Å²) in [5, 5.41) is 37.1. The third kappa shape index (κ3) is 7.36. The van der Waals surface area contributed by atoms with Crippen molar-refractivity contribution >= 4 is 23.4 Å². The molecule has 0 aliphatic rings. The third-order valence-corrected chi connectivity index (χ3v) is 6.53. The van der Waals surface area contributed by atoms with Crippen LogP contribution in [0.5, 0.6) is 0 Å². The van der Waals surface area contributed by atoms with Crippen molar-refractivity contribution in [2.75, 3.05) is 6.61 Å². The summed E-state index contributed by atoms with van der Waals surface area (Å²) in [6, 6.07) is 4.34. The molecular weight excluding hydrogens is 552 g/mol. The van der Waals surface area contributed by atoms with E-state index in [9.17, 15) is 41.7 Å². The Balaban J connectivity index is 1.83. The molecular formula is C22H20ClF6N3O4S. The van der Waals surface area contributed by atoms with Crippen molar-refractivity contribution < 1.29 is 46.4 Å². The Morgan fingerprint density at radius 2 is 1.76 bits per heavy atom. The zero-order chi connectivity index (χ0) is 27.5. The van der Waals surface area contributed by atoms with Crippen LogP contribution < -0.4 is 0 Å². The highest BCUT2D eigenvalue weighted by Crippen LogP contribution is 2.38. The Labute approximate surface area is 215 Å². The summed E-state index contributed by atoms with van der Waals surface area (Å²) in [5.41, 5.74) is -2.47. The predicted octanol–water partition coefficient (Wildman–Crippen LogP) is 4.27. The lowest BCUT2D eigenvalue weighted by Gasteiger charge is -2.28. The maximum absolute atomic E-state index is 13.6. The number of aliphatic hydroxyl groups is 3. The first-order chi connectivity index (χ1) is 17.3. The standard InChI is InChI=1S/C22H20ClF6N3O4S/c1-10(34)19(9-33)36-21(37-12-2-3-13(14(23)6-12)22(27,28)29)18(35)8-32-7-17(30-31-32)11-4-15(24)20(26)16(25)5-11/h2-7,10,18-19,21,33-35H,8-9H2,1H3/t10-,18+,19?,21?/m1/s1. The summed E-state index contributed by atoms with van der Waals surface area (Å²) in [5.74, 6) is -4.51. The van der Waals surface area contributed by atoms with E-state index in [1.165, 1.54) is 13.1 Å². The summed E-state index contributed by atoms with van der Waals surface area (Å²) < 4.78 is 86.1. The van der Waals surface area contributed by atoms with Crippen LogP contribution in [-0.2, 0) is 17.5 Å². The van der Waals surface area contributed by atoms with Crippen LogP contribution in [0.3, 0.4) is 0 Å². The van der Waals surface area contributed by atoms with Gasteiger partial charge in [0, 0.05) is 10.5 Å². The van der Waals surface area contributed by atoms with Gasteiger partial charge < -0.3 is 20.1 Å². The minimum Gasteiger partial charge on any atom is -0.394 e. The van der Waals surface area contributed by atoms with E-state index in [1.807, 2.05) is 0 Å². The van der Waals surface area contributed by atoms with Crippen LogP contribution in [0.1, 0.15) is 12.5 Å². The molecule has 0 spiro atoms. The number of halogens is 7. The van der Waals surface area contributed by atoms with Crippen molar-refractivity contribution in [3.05, 3.63) is 64.6 Å². The Hall–Kier alpha value is -2.36. The highest BCUT2D eigenvalue weighted by atomic mass is 35.5. The van der Waals surface area contributed by atoms with E-state index < -0.39 is 64.6 Å². The molecule has 3 N–H and O–H groups in total. The highest BCUT2D eigenvalue weighted by Gasteiger charge is 2.34. The van der Waals surface area contributed by atoms with Crippen molar-refractivity contribution in [2.24, 2.45) is 0 Å². The molecule has 2 unspecified atom stereocenters. The van der Waals surface area contributed by atoms with Crippen LogP contribution in [-0.4, -0.2) is 60.7 Å². The van der Waals surface area contributed by atoms with Crippen LogP contribution in [0.4, 0.5) is 26.3 Å². The fourth-order valence-corrected chi connectivity index (χ4v) is 4.51. The summed E-state index contributed by atoms with van der Waals surface area (Å²) in [6.45, 7) is 0.363. The van der Waals surface area contributed by atoms with Gasteiger partial charge in [-0.25, -0.2) is 17.9 Å². The summed E-state index contributed by atoms with van der Waals surface area (Å²) in [7, 11) is 0. The molecule has 37 heavy (non-hydrogen) atoms. The van der Waals surface area contributed by atoms with Gasteiger partial charge in [0.25, 0.3) is 0 Å². The van der Waals surface area contributed by atoms with Gasteiger partial charge in [0.05, 0.1) is 36.0 Å². The molecule has 0 aliphatic heterocycles. The normalized spacial score (nSPS) is 15.4. The second kappa shape index (κ2) is 12.0. The SMILES string of the molecule is C[C@@H](O)C(CO)OC(Sc1ccc(C(F)(F)F)c(Cl)c1)[C@@H](O)Cn1cc(-c2cc(F)c(F)c(F)c2)nn1. The fourth-order valence-electron chi connectivity index (χ4n) is 3.11. The lowest BCUT2D eigenvalue weighted by Crippen LogP contribution is -2.39. The van der Waals surface area contributed by atoms with Gasteiger partial charge in [-0.05, 0) is 37.3 Å². The quantitative estimate of drug-likeness (QED) is 0.145. The molecule has 0 bridgehead atoms. The molecule has 1 aromatic heterocycles. The third-order valence-electron chi connectivity index (χ3n) is 5.03. The maximum Gasteiger partial charge on any atom is 0.417 e. The summed E-state index contributed by atoms with van der Waals surface area (Å²) in [4.78, 5) is 0.181. The molecule has 202 valence electrons. The first-order valence-corrected chi connectivity index (χ1v) is 11.8. The number of hydrogen-bond donors (Lipinski definition) is 3. The predicted molar refractivity (Wildman–Crippen MR) is 121 cm³/mol. The smallest absolute Gasteiger partial charge is 0.394 e. The topological polar surface area (TPSA) is 101 Å². The first-order valence-electron chi connectivity index (χ1n) is 10.5. The minimum atomic E-state index is -4.68. The molecule has 0 radical (unpaired) electrons. The number of ether oxygens (including phenoxy) is 1. The monoisotopic (exact) mass is 571 g/mol. The second-order valence-electron chi connectivity index (χ2n) is 7.87. The number of benzene rings is 2. The van der Waals surface area contributed by atoms with Crippen molar-refractivity contribution in [3.8, 4) is 11.3 Å². The number of nitrogens with zero attached hydrogens (tertiary/aromatic N) is 3. The maximum atomic E-state index is 13.6. The fraction of sp³-hybridized carbons (Fsp3) is 0.364. The number of aliphatic hydroxyl groups excluding tert-OH is 3. The number of thioether (sulfide) groups is 1. The number of hydrogen-bond acceptors (Lipinski definition) is 7. The largest absolute Gasteiger partial charge is 0.417 e. The van der Waals surface area contributed by atoms with Gasteiger partial charge in [0.2, 0.25) is 0 Å². The van der Waals surface area contributed by atoms with Crippen molar-refractivity contribution in [1.29, 1.82) is 0 Å². The van der Waals surface area contributed by atoms with Crippen molar-refractivity contribution in [1.82, 2.24) is 15.0 Å². The molecule has 2 aromatic carbocycles. The van der Waals surface area contributed by atoms with Gasteiger partial charge in [0.15, 0.2) is 17.5 Å². The molecule has 1 heterocycles. The van der Waals surface area contributed by atoms with E-state index >= 15 is 0 Å². The van der Waals surface area contributed by atoms with Crippen LogP contribution in [0, 0.1) is 17.5 Å². The van der Waals surface area contributed by atoms with Gasteiger partial charge in [-0.15, -0.1) is 5.10 Å². The van der Waals surface area contributed by atoms with Gasteiger partial charge in [0.1, 0.15) is 23.3 Å². The number of aromatic nitrogens is 3. The molecule has 3 rings (SSSR count). The Morgan fingerprint density at radius 3 is 2.30 bits per heavy atom. The van der Waals surface area contributed by atoms with E-state index in [-0.39, 0.29) is 22.7 Å². The molecule has 0 saturated carbocycles.